The summed E-state index contributed by atoms with van der Waals surface area (Å²) in [6, 6.07) is 11.6. The van der Waals surface area contributed by atoms with Crippen LogP contribution in [-0.2, 0) is 6.42 Å². The lowest BCUT2D eigenvalue weighted by Crippen LogP contribution is -2.19. The molecule has 0 saturated heterocycles. The third-order valence-electron chi connectivity index (χ3n) is 3.37. The van der Waals surface area contributed by atoms with Crippen LogP contribution >= 0.6 is 39.1 Å². The van der Waals surface area contributed by atoms with Crippen LogP contribution in [0.1, 0.15) is 17.2 Å². The number of ether oxygens (including phenoxy) is 1. The van der Waals surface area contributed by atoms with E-state index in [0.717, 1.165) is 32.8 Å². The summed E-state index contributed by atoms with van der Waals surface area (Å²) in [6.07, 6.45) is 0.733. The zero-order valence-electron chi connectivity index (χ0n) is 11.8. The lowest BCUT2D eigenvalue weighted by molar-refractivity contribution is 0.406. The van der Waals surface area contributed by atoms with Crippen LogP contribution in [0.25, 0.3) is 0 Å². The molecule has 5 heteroatoms. The van der Waals surface area contributed by atoms with Crippen molar-refractivity contribution in [3.8, 4) is 5.75 Å². The highest BCUT2D eigenvalue weighted by molar-refractivity contribution is 9.10. The van der Waals surface area contributed by atoms with Crippen LogP contribution in [0.5, 0.6) is 5.75 Å². The molecule has 2 aromatic carbocycles. The molecule has 2 nitrogen and oxygen atoms in total. The highest BCUT2D eigenvalue weighted by atomic mass is 79.9. The summed E-state index contributed by atoms with van der Waals surface area (Å²) in [5, 5.41) is 4.72. The second-order valence-electron chi connectivity index (χ2n) is 4.64. The second kappa shape index (κ2) is 7.50. The molecule has 2 rings (SSSR count). The molecule has 0 heterocycles. The van der Waals surface area contributed by atoms with E-state index in [9.17, 15) is 0 Å². The highest BCUT2D eigenvalue weighted by Crippen LogP contribution is 2.33. The fourth-order valence-electron chi connectivity index (χ4n) is 2.28. The summed E-state index contributed by atoms with van der Waals surface area (Å²) in [5.41, 5.74) is 2.08. The summed E-state index contributed by atoms with van der Waals surface area (Å²) in [6.45, 7) is 0. The molecule has 0 aliphatic rings. The molecule has 112 valence electrons. The molecule has 2 aromatic rings. The lowest BCUT2D eigenvalue weighted by Gasteiger charge is -2.20. The van der Waals surface area contributed by atoms with Gasteiger partial charge in [-0.15, -0.1) is 0 Å². The normalized spacial score (nSPS) is 12.2. The lowest BCUT2D eigenvalue weighted by atomic mass is 9.98. The molecule has 21 heavy (non-hydrogen) atoms. The van der Waals surface area contributed by atoms with Crippen molar-refractivity contribution in [1.82, 2.24) is 5.32 Å². The Hall–Kier alpha value is -0.740. The van der Waals surface area contributed by atoms with E-state index in [1.54, 1.807) is 7.11 Å². The van der Waals surface area contributed by atoms with E-state index in [4.69, 9.17) is 27.9 Å². The number of likely N-dealkylation sites (N-methyl/N-ethyl adjacent to an activating group) is 1. The smallest absolute Gasteiger partial charge is 0.122 e. The van der Waals surface area contributed by atoms with Crippen LogP contribution in [0.2, 0.25) is 10.0 Å². The van der Waals surface area contributed by atoms with E-state index < -0.39 is 0 Å². The van der Waals surface area contributed by atoms with Gasteiger partial charge in [0.05, 0.1) is 12.1 Å². The Kier molecular flexibility index (Phi) is 5.94. The SMILES string of the molecule is CNC(Cc1cc(Cl)ccc1OC)c1cccc(Br)c1Cl. The maximum absolute atomic E-state index is 6.39. The predicted molar refractivity (Wildman–Crippen MR) is 92.7 cm³/mol. The monoisotopic (exact) mass is 387 g/mol. The van der Waals surface area contributed by atoms with Crippen LogP contribution in [0.15, 0.2) is 40.9 Å². The number of hydrogen-bond donors (Lipinski definition) is 1. The van der Waals surface area contributed by atoms with Crippen LogP contribution in [0, 0.1) is 0 Å². The summed E-state index contributed by atoms with van der Waals surface area (Å²) >= 11 is 16.0. The van der Waals surface area contributed by atoms with Crippen molar-refractivity contribution in [2.75, 3.05) is 14.2 Å². The minimum Gasteiger partial charge on any atom is -0.496 e. The van der Waals surface area contributed by atoms with Gasteiger partial charge in [0.2, 0.25) is 0 Å². The zero-order valence-corrected chi connectivity index (χ0v) is 14.9. The topological polar surface area (TPSA) is 21.3 Å². The molecule has 0 bridgehead atoms. The van der Waals surface area contributed by atoms with Gasteiger partial charge in [-0.2, -0.15) is 0 Å². The Morgan fingerprint density at radius 1 is 1.24 bits per heavy atom. The third-order valence-corrected chi connectivity index (χ3v) is 4.92. The van der Waals surface area contributed by atoms with Gasteiger partial charge in [-0.25, -0.2) is 0 Å². The molecule has 1 unspecified atom stereocenters. The molecule has 1 atom stereocenters. The van der Waals surface area contributed by atoms with E-state index in [2.05, 4.69) is 21.2 Å². The Bertz CT molecular complexity index is 634. The maximum Gasteiger partial charge on any atom is 0.122 e. The van der Waals surface area contributed by atoms with Crippen molar-refractivity contribution in [1.29, 1.82) is 0 Å². The average molecular weight is 389 g/mol. The summed E-state index contributed by atoms with van der Waals surface area (Å²) in [5.74, 6) is 0.825. The Balaban J connectivity index is 2.35. The summed E-state index contributed by atoms with van der Waals surface area (Å²) in [4.78, 5) is 0. The second-order valence-corrected chi connectivity index (χ2v) is 6.31. The summed E-state index contributed by atoms with van der Waals surface area (Å²) < 4.78 is 6.30. The molecule has 0 spiro atoms. The zero-order chi connectivity index (χ0) is 15.4. The third kappa shape index (κ3) is 3.92. The predicted octanol–water partition coefficient (Wildman–Crippen LogP) is 5.27. The molecule has 0 aromatic heterocycles. The van der Waals surface area contributed by atoms with E-state index in [1.807, 2.05) is 43.4 Å². The van der Waals surface area contributed by atoms with Crippen LogP contribution in [0.4, 0.5) is 0 Å². The molecular weight excluding hydrogens is 373 g/mol. The van der Waals surface area contributed by atoms with Crippen molar-refractivity contribution in [3.63, 3.8) is 0 Å². The first-order chi connectivity index (χ1) is 10.1. The number of hydrogen-bond acceptors (Lipinski definition) is 2. The van der Waals surface area contributed by atoms with Gasteiger partial charge in [0.1, 0.15) is 5.75 Å². The number of methoxy groups -OCH3 is 1. The van der Waals surface area contributed by atoms with Crippen molar-refractivity contribution in [3.05, 3.63) is 62.0 Å². The summed E-state index contributed by atoms with van der Waals surface area (Å²) in [7, 11) is 3.58. The van der Waals surface area contributed by atoms with E-state index in [-0.39, 0.29) is 6.04 Å². The van der Waals surface area contributed by atoms with Crippen LogP contribution < -0.4 is 10.1 Å². The molecule has 1 N–H and O–H groups in total. The first-order valence-corrected chi connectivity index (χ1v) is 8.05. The molecule has 0 fully saturated rings. The fourth-order valence-corrected chi connectivity index (χ4v) is 3.12. The highest BCUT2D eigenvalue weighted by Gasteiger charge is 2.17. The van der Waals surface area contributed by atoms with Gasteiger partial charge < -0.3 is 10.1 Å². The fraction of sp³-hybridized carbons (Fsp3) is 0.250. The standard InChI is InChI=1S/C16H16BrCl2NO/c1-20-14(12-4-3-5-13(17)16(12)19)9-10-8-11(18)6-7-15(10)21-2/h3-8,14,20H,9H2,1-2H3. The van der Waals surface area contributed by atoms with E-state index >= 15 is 0 Å². The number of benzene rings is 2. The number of nitrogens with one attached hydrogen (secondary N) is 1. The van der Waals surface area contributed by atoms with Gasteiger partial charge in [-0.3, -0.25) is 0 Å². The van der Waals surface area contributed by atoms with Crippen molar-refractivity contribution < 1.29 is 4.74 Å². The molecule has 0 aliphatic carbocycles. The average Bonchev–Trinajstić information content (AvgIpc) is 2.48. The van der Waals surface area contributed by atoms with Crippen molar-refractivity contribution >= 4 is 39.1 Å². The molecule has 0 radical (unpaired) electrons. The molecule has 0 saturated carbocycles. The molecule has 0 aliphatic heterocycles. The Morgan fingerprint density at radius 2 is 2.00 bits per heavy atom. The molecule has 0 amide bonds. The van der Waals surface area contributed by atoms with Gasteiger partial charge >= 0.3 is 0 Å². The largest absolute Gasteiger partial charge is 0.496 e. The Morgan fingerprint density at radius 3 is 2.67 bits per heavy atom. The van der Waals surface area contributed by atoms with Crippen molar-refractivity contribution in [2.45, 2.75) is 12.5 Å². The van der Waals surface area contributed by atoms with E-state index in [0.29, 0.717) is 5.02 Å². The van der Waals surface area contributed by atoms with Gasteiger partial charge in [-0.05, 0) is 64.8 Å². The van der Waals surface area contributed by atoms with Gasteiger partial charge in [0.15, 0.2) is 0 Å². The first kappa shape index (κ1) is 16.6. The van der Waals surface area contributed by atoms with Gasteiger partial charge in [-0.1, -0.05) is 35.3 Å². The first-order valence-electron chi connectivity index (χ1n) is 6.50. The number of rotatable bonds is 5. The van der Waals surface area contributed by atoms with Crippen LogP contribution in [-0.4, -0.2) is 14.2 Å². The number of halogens is 3. The van der Waals surface area contributed by atoms with Gasteiger partial charge in [0.25, 0.3) is 0 Å². The minimum absolute atomic E-state index is 0.0716. The quantitative estimate of drug-likeness (QED) is 0.753. The molecular formula is C16H16BrCl2NO. The maximum atomic E-state index is 6.39. The minimum atomic E-state index is 0.0716. The van der Waals surface area contributed by atoms with Crippen molar-refractivity contribution in [2.24, 2.45) is 0 Å². The van der Waals surface area contributed by atoms with E-state index in [1.165, 1.54) is 0 Å². The van der Waals surface area contributed by atoms with Crippen LogP contribution in [0.3, 0.4) is 0 Å². The Labute approximate surface area is 143 Å². The van der Waals surface area contributed by atoms with Gasteiger partial charge in [0, 0.05) is 15.5 Å².